The van der Waals surface area contributed by atoms with Crippen molar-refractivity contribution in [1.29, 1.82) is 0 Å². The first-order chi connectivity index (χ1) is 7.58. The van der Waals surface area contributed by atoms with E-state index in [1.165, 1.54) is 0 Å². The lowest BCUT2D eigenvalue weighted by atomic mass is 9.85. The summed E-state index contributed by atoms with van der Waals surface area (Å²) in [4.78, 5) is 0. The third-order valence-electron chi connectivity index (χ3n) is 3.36. The number of rotatable bonds is 10. The Morgan fingerprint density at radius 2 is 1.25 bits per heavy atom. The van der Waals surface area contributed by atoms with Gasteiger partial charge in [-0.25, -0.2) is 0 Å². The van der Waals surface area contributed by atoms with Crippen LogP contribution in [0.5, 0.6) is 0 Å². The summed E-state index contributed by atoms with van der Waals surface area (Å²) in [6.07, 6.45) is 8.83. The van der Waals surface area contributed by atoms with Gasteiger partial charge < -0.3 is 10.2 Å². The fourth-order valence-corrected chi connectivity index (χ4v) is 2.15. The zero-order chi connectivity index (χ0) is 12.4. The molecule has 0 rings (SSSR count). The fraction of sp³-hybridized carbons (Fsp3) is 1.00. The van der Waals surface area contributed by atoms with Crippen LogP contribution < -0.4 is 0 Å². The van der Waals surface area contributed by atoms with Gasteiger partial charge in [0.05, 0.1) is 0 Å². The van der Waals surface area contributed by atoms with Gasteiger partial charge in [-0.15, -0.1) is 0 Å². The number of hydrogen-bond donors (Lipinski definition) is 2. The van der Waals surface area contributed by atoms with E-state index in [2.05, 4.69) is 20.8 Å². The topological polar surface area (TPSA) is 40.5 Å². The SMILES string of the molecule is CCCCC(CCCC)C(O)(O)CCCC. The molecule has 0 aliphatic carbocycles. The molecule has 0 heterocycles. The molecule has 0 bridgehead atoms. The second-order valence-corrected chi connectivity index (χ2v) is 4.96. The van der Waals surface area contributed by atoms with Crippen molar-refractivity contribution < 1.29 is 10.2 Å². The highest BCUT2D eigenvalue weighted by molar-refractivity contribution is 4.76. The van der Waals surface area contributed by atoms with E-state index < -0.39 is 5.79 Å². The van der Waals surface area contributed by atoms with Gasteiger partial charge in [0.2, 0.25) is 0 Å². The minimum absolute atomic E-state index is 0.0685. The van der Waals surface area contributed by atoms with E-state index in [1.807, 2.05) is 0 Å². The Labute approximate surface area is 101 Å². The summed E-state index contributed by atoms with van der Waals surface area (Å²) in [7, 11) is 0. The van der Waals surface area contributed by atoms with Crippen LogP contribution in [0, 0.1) is 5.92 Å². The van der Waals surface area contributed by atoms with Gasteiger partial charge in [0, 0.05) is 12.3 Å². The maximum atomic E-state index is 10.1. The Bertz CT molecular complexity index is 147. The molecule has 0 fully saturated rings. The summed E-state index contributed by atoms with van der Waals surface area (Å²) in [6, 6.07) is 0. The minimum atomic E-state index is -1.43. The number of unbranched alkanes of at least 4 members (excludes halogenated alkanes) is 3. The van der Waals surface area contributed by atoms with Crippen molar-refractivity contribution in [2.24, 2.45) is 5.92 Å². The molecular formula is C14H30O2. The largest absolute Gasteiger partial charge is 0.365 e. The highest BCUT2D eigenvalue weighted by Crippen LogP contribution is 2.30. The predicted molar refractivity (Wildman–Crippen MR) is 69.2 cm³/mol. The van der Waals surface area contributed by atoms with Gasteiger partial charge in [-0.05, 0) is 19.3 Å². The molecule has 0 spiro atoms. The van der Waals surface area contributed by atoms with E-state index in [1.54, 1.807) is 0 Å². The molecule has 2 nitrogen and oxygen atoms in total. The van der Waals surface area contributed by atoms with Gasteiger partial charge in [0.1, 0.15) is 0 Å². The molecule has 0 aliphatic heterocycles. The van der Waals surface area contributed by atoms with Crippen LogP contribution in [-0.2, 0) is 0 Å². The summed E-state index contributed by atoms with van der Waals surface area (Å²) in [6.45, 7) is 6.39. The Kier molecular flexibility index (Phi) is 8.96. The van der Waals surface area contributed by atoms with E-state index in [-0.39, 0.29) is 5.92 Å². The average molecular weight is 230 g/mol. The summed E-state index contributed by atoms with van der Waals surface area (Å²) in [5.41, 5.74) is 0. The van der Waals surface area contributed by atoms with Crippen LogP contribution in [0.2, 0.25) is 0 Å². The molecule has 0 aromatic carbocycles. The number of aliphatic hydroxyl groups is 2. The minimum Gasteiger partial charge on any atom is -0.365 e. The van der Waals surface area contributed by atoms with Crippen molar-refractivity contribution in [3.8, 4) is 0 Å². The van der Waals surface area contributed by atoms with Crippen LogP contribution in [-0.4, -0.2) is 16.0 Å². The predicted octanol–water partition coefficient (Wildman–Crippen LogP) is 3.85. The number of hydrogen-bond acceptors (Lipinski definition) is 2. The van der Waals surface area contributed by atoms with Gasteiger partial charge in [-0.1, -0.05) is 52.9 Å². The first kappa shape index (κ1) is 15.9. The molecule has 0 atom stereocenters. The highest BCUT2D eigenvalue weighted by atomic mass is 16.5. The Morgan fingerprint density at radius 3 is 1.62 bits per heavy atom. The zero-order valence-electron chi connectivity index (χ0n) is 11.3. The maximum Gasteiger partial charge on any atom is 0.165 e. The standard InChI is InChI=1S/C14H30O2/c1-4-7-10-13(11-8-5-2)14(15,16)12-9-6-3/h13,15-16H,4-12H2,1-3H3. The zero-order valence-corrected chi connectivity index (χ0v) is 11.3. The van der Waals surface area contributed by atoms with Crippen molar-refractivity contribution >= 4 is 0 Å². The molecule has 0 aliphatic rings. The highest BCUT2D eigenvalue weighted by Gasteiger charge is 2.32. The molecule has 0 saturated carbocycles. The van der Waals surface area contributed by atoms with Gasteiger partial charge >= 0.3 is 0 Å². The second-order valence-electron chi connectivity index (χ2n) is 4.96. The van der Waals surface area contributed by atoms with Crippen LogP contribution in [0.4, 0.5) is 0 Å². The third-order valence-corrected chi connectivity index (χ3v) is 3.36. The molecule has 2 heteroatoms. The van der Waals surface area contributed by atoms with Crippen LogP contribution in [0.25, 0.3) is 0 Å². The normalized spacial score (nSPS) is 12.4. The molecule has 98 valence electrons. The van der Waals surface area contributed by atoms with Crippen LogP contribution in [0.3, 0.4) is 0 Å². The lowest BCUT2D eigenvalue weighted by Crippen LogP contribution is -2.37. The van der Waals surface area contributed by atoms with E-state index >= 15 is 0 Å². The molecule has 2 N–H and O–H groups in total. The Morgan fingerprint density at radius 1 is 0.812 bits per heavy atom. The molecular weight excluding hydrogens is 200 g/mol. The molecule has 0 radical (unpaired) electrons. The maximum absolute atomic E-state index is 10.1. The molecule has 0 amide bonds. The summed E-state index contributed by atoms with van der Waals surface area (Å²) in [5, 5.41) is 20.2. The van der Waals surface area contributed by atoms with Gasteiger partial charge in [-0.3, -0.25) is 0 Å². The van der Waals surface area contributed by atoms with Crippen molar-refractivity contribution in [3.05, 3.63) is 0 Å². The van der Waals surface area contributed by atoms with Crippen molar-refractivity contribution in [2.75, 3.05) is 0 Å². The fourth-order valence-electron chi connectivity index (χ4n) is 2.15. The molecule has 0 aromatic heterocycles. The van der Waals surface area contributed by atoms with Gasteiger partial charge in [0.15, 0.2) is 5.79 Å². The summed E-state index contributed by atoms with van der Waals surface area (Å²) in [5.74, 6) is -1.36. The van der Waals surface area contributed by atoms with E-state index in [0.29, 0.717) is 6.42 Å². The quantitative estimate of drug-likeness (QED) is 0.560. The lowest BCUT2D eigenvalue weighted by molar-refractivity contribution is -0.208. The van der Waals surface area contributed by atoms with Crippen LogP contribution in [0.1, 0.15) is 78.6 Å². The van der Waals surface area contributed by atoms with Crippen LogP contribution >= 0.6 is 0 Å². The van der Waals surface area contributed by atoms with Gasteiger partial charge in [-0.2, -0.15) is 0 Å². The smallest absolute Gasteiger partial charge is 0.165 e. The Balaban J connectivity index is 4.20. The first-order valence-corrected chi connectivity index (χ1v) is 7.03. The van der Waals surface area contributed by atoms with E-state index in [0.717, 1.165) is 51.4 Å². The van der Waals surface area contributed by atoms with E-state index in [9.17, 15) is 10.2 Å². The molecule has 16 heavy (non-hydrogen) atoms. The van der Waals surface area contributed by atoms with Crippen molar-refractivity contribution in [2.45, 2.75) is 84.3 Å². The van der Waals surface area contributed by atoms with Crippen molar-refractivity contribution in [1.82, 2.24) is 0 Å². The Hall–Kier alpha value is -0.0800. The lowest BCUT2D eigenvalue weighted by Gasteiger charge is -2.31. The third kappa shape index (κ3) is 6.49. The average Bonchev–Trinajstić information content (AvgIpc) is 2.26. The van der Waals surface area contributed by atoms with Crippen LogP contribution in [0.15, 0.2) is 0 Å². The van der Waals surface area contributed by atoms with Crippen molar-refractivity contribution in [3.63, 3.8) is 0 Å². The monoisotopic (exact) mass is 230 g/mol. The second kappa shape index (κ2) is 9.00. The first-order valence-electron chi connectivity index (χ1n) is 7.03. The summed E-state index contributed by atoms with van der Waals surface area (Å²) < 4.78 is 0. The molecule has 0 saturated heterocycles. The molecule has 0 aromatic rings. The molecule has 0 unspecified atom stereocenters. The van der Waals surface area contributed by atoms with Gasteiger partial charge in [0.25, 0.3) is 0 Å². The summed E-state index contributed by atoms with van der Waals surface area (Å²) >= 11 is 0. The van der Waals surface area contributed by atoms with E-state index in [4.69, 9.17) is 0 Å².